The molecule has 16 heavy (non-hydrogen) atoms. The number of carbonyl (C=O) groups excluding carboxylic acids is 1. The first-order valence-electron chi connectivity index (χ1n) is 6.10. The van der Waals surface area contributed by atoms with E-state index in [2.05, 4.69) is 36.5 Å². The summed E-state index contributed by atoms with van der Waals surface area (Å²) in [6.45, 7) is 4.71. The second-order valence-electron chi connectivity index (χ2n) is 4.05. The average molecular weight is 219 g/mol. The summed E-state index contributed by atoms with van der Waals surface area (Å²) in [5.74, 6) is 0.107. The Morgan fingerprint density at radius 2 is 1.75 bits per heavy atom. The lowest BCUT2D eigenvalue weighted by atomic mass is 10.1. The Kier molecular flexibility index (Phi) is 5.62. The minimum absolute atomic E-state index is 0.107. The van der Waals surface area contributed by atoms with Gasteiger partial charge in [0.1, 0.15) is 0 Å². The van der Waals surface area contributed by atoms with E-state index in [0.717, 1.165) is 6.42 Å². The molecule has 1 aromatic rings. The zero-order valence-corrected chi connectivity index (χ0v) is 10.3. The van der Waals surface area contributed by atoms with Crippen molar-refractivity contribution in [3.05, 3.63) is 35.4 Å². The van der Waals surface area contributed by atoms with E-state index in [-0.39, 0.29) is 5.91 Å². The predicted molar refractivity (Wildman–Crippen MR) is 67.2 cm³/mol. The summed E-state index contributed by atoms with van der Waals surface area (Å²) in [5.41, 5.74) is 2.55. The predicted octanol–water partition coefficient (Wildman–Crippen LogP) is 3.06. The minimum atomic E-state index is 0.107. The molecule has 0 saturated carbocycles. The van der Waals surface area contributed by atoms with Crippen LogP contribution in [0.4, 0.5) is 0 Å². The highest BCUT2D eigenvalue weighted by Gasteiger charge is 1.98. The standard InChI is InChI=1S/C14H21NO/c1-3-5-6-12-7-9-13(10-8-12)11-15-14(16)4-2/h7-10H,3-6,11H2,1-2H3,(H,15,16). The van der Waals surface area contributed by atoms with Crippen molar-refractivity contribution >= 4 is 5.91 Å². The summed E-state index contributed by atoms with van der Waals surface area (Å²) >= 11 is 0. The van der Waals surface area contributed by atoms with E-state index in [4.69, 9.17) is 0 Å². The molecule has 88 valence electrons. The molecule has 0 aliphatic rings. The van der Waals surface area contributed by atoms with E-state index in [1.165, 1.54) is 24.0 Å². The van der Waals surface area contributed by atoms with Crippen molar-refractivity contribution in [2.45, 2.75) is 46.1 Å². The van der Waals surface area contributed by atoms with Crippen molar-refractivity contribution < 1.29 is 4.79 Å². The van der Waals surface area contributed by atoms with Crippen molar-refractivity contribution in [1.82, 2.24) is 5.32 Å². The van der Waals surface area contributed by atoms with Gasteiger partial charge in [0.2, 0.25) is 5.91 Å². The molecule has 0 aliphatic heterocycles. The van der Waals surface area contributed by atoms with Gasteiger partial charge in [-0.1, -0.05) is 44.5 Å². The number of nitrogens with one attached hydrogen (secondary N) is 1. The maximum absolute atomic E-state index is 11.1. The highest BCUT2D eigenvalue weighted by atomic mass is 16.1. The summed E-state index contributed by atoms with van der Waals surface area (Å²) in [6, 6.07) is 8.51. The molecule has 0 saturated heterocycles. The van der Waals surface area contributed by atoms with Gasteiger partial charge < -0.3 is 5.32 Å². The third-order valence-electron chi connectivity index (χ3n) is 2.65. The third kappa shape index (κ3) is 4.47. The van der Waals surface area contributed by atoms with Gasteiger partial charge >= 0.3 is 0 Å². The Hall–Kier alpha value is -1.31. The van der Waals surface area contributed by atoms with E-state index >= 15 is 0 Å². The van der Waals surface area contributed by atoms with Crippen LogP contribution in [-0.4, -0.2) is 5.91 Å². The van der Waals surface area contributed by atoms with Gasteiger partial charge in [-0.25, -0.2) is 0 Å². The Morgan fingerprint density at radius 1 is 1.12 bits per heavy atom. The van der Waals surface area contributed by atoms with Crippen LogP contribution in [0.25, 0.3) is 0 Å². The second-order valence-corrected chi connectivity index (χ2v) is 4.05. The van der Waals surface area contributed by atoms with Crippen molar-refractivity contribution in [3.63, 3.8) is 0 Å². The molecule has 0 aliphatic carbocycles. The van der Waals surface area contributed by atoms with Crippen LogP contribution in [0.3, 0.4) is 0 Å². The Morgan fingerprint density at radius 3 is 2.31 bits per heavy atom. The Labute approximate surface area is 98.1 Å². The van der Waals surface area contributed by atoms with Crippen LogP contribution in [-0.2, 0) is 17.8 Å². The van der Waals surface area contributed by atoms with E-state index in [0.29, 0.717) is 13.0 Å². The van der Waals surface area contributed by atoms with E-state index in [1.54, 1.807) is 0 Å². The van der Waals surface area contributed by atoms with Gasteiger partial charge in [-0.15, -0.1) is 0 Å². The molecular weight excluding hydrogens is 198 g/mol. The normalized spacial score (nSPS) is 10.1. The highest BCUT2D eigenvalue weighted by molar-refractivity contribution is 5.75. The van der Waals surface area contributed by atoms with Crippen LogP contribution in [0, 0.1) is 0 Å². The molecule has 1 N–H and O–H groups in total. The topological polar surface area (TPSA) is 29.1 Å². The second kappa shape index (κ2) is 7.04. The van der Waals surface area contributed by atoms with Gasteiger partial charge in [0, 0.05) is 13.0 Å². The molecule has 1 amide bonds. The maximum Gasteiger partial charge on any atom is 0.219 e. The molecule has 0 unspecified atom stereocenters. The zero-order valence-electron chi connectivity index (χ0n) is 10.3. The summed E-state index contributed by atoms with van der Waals surface area (Å²) in [6.07, 6.45) is 4.17. The number of unbranched alkanes of at least 4 members (excludes halogenated alkanes) is 1. The van der Waals surface area contributed by atoms with Crippen LogP contribution in [0.15, 0.2) is 24.3 Å². The summed E-state index contributed by atoms with van der Waals surface area (Å²) < 4.78 is 0. The first-order chi connectivity index (χ1) is 7.76. The summed E-state index contributed by atoms with van der Waals surface area (Å²) in [7, 11) is 0. The van der Waals surface area contributed by atoms with Gasteiger partial charge in [-0.3, -0.25) is 4.79 Å². The van der Waals surface area contributed by atoms with Crippen LogP contribution >= 0.6 is 0 Å². The molecule has 0 aromatic heterocycles. The van der Waals surface area contributed by atoms with Gasteiger partial charge in [0.15, 0.2) is 0 Å². The lowest BCUT2D eigenvalue weighted by Crippen LogP contribution is -2.21. The molecule has 2 nitrogen and oxygen atoms in total. The SMILES string of the molecule is CCCCc1ccc(CNC(=O)CC)cc1. The summed E-state index contributed by atoms with van der Waals surface area (Å²) in [4.78, 5) is 11.1. The largest absolute Gasteiger partial charge is 0.352 e. The molecule has 1 rings (SSSR count). The molecule has 2 heteroatoms. The molecular formula is C14H21NO. The zero-order chi connectivity index (χ0) is 11.8. The fourth-order valence-electron chi connectivity index (χ4n) is 1.53. The molecule has 0 spiro atoms. The fraction of sp³-hybridized carbons (Fsp3) is 0.500. The van der Waals surface area contributed by atoms with E-state index < -0.39 is 0 Å². The summed E-state index contributed by atoms with van der Waals surface area (Å²) in [5, 5.41) is 2.87. The van der Waals surface area contributed by atoms with Crippen LogP contribution in [0.1, 0.15) is 44.2 Å². The van der Waals surface area contributed by atoms with Crippen LogP contribution < -0.4 is 5.32 Å². The molecule has 0 radical (unpaired) electrons. The number of rotatable bonds is 6. The number of benzene rings is 1. The van der Waals surface area contributed by atoms with Crippen LogP contribution in [0.5, 0.6) is 0 Å². The minimum Gasteiger partial charge on any atom is -0.352 e. The number of amides is 1. The van der Waals surface area contributed by atoms with E-state index in [1.807, 2.05) is 6.92 Å². The maximum atomic E-state index is 11.1. The Bertz CT molecular complexity index is 316. The number of carbonyl (C=O) groups is 1. The highest BCUT2D eigenvalue weighted by Crippen LogP contribution is 2.07. The number of hydrogen-bond acceptors (Lipinski definition) is 1. The van der Waals surface area contributed by atoms with Gasteiger partial charge in [0.25, 0.3) is 0 Å². The molecule has 0 fully saturated rings. The van der Waals surface area contributed by atoms with Crippen molar-refractivity contribution in [2.24, 2.45) is 0 Å². The van der Waals surface area contributed by atoms with Gasteiger partial charge in [0.05, 0.1) is 0 Å². The fourth-order valence-corrected chi connectivity index (χ4v) is 1.53. The smallest absolute Gasteiger partial charge is 0.219 e. The van der Waals surface area contributed by atoms with Crippen molar-refractivity contribution in [2.75, 3.05) is 0 Å². The number of hydrogen-bond donors (Lipinski definition) is 1. The van der Waals surface area contributed by atoms with Crippen molar-refractivity contribution in [1.29, 1.82) is 0 Å². The number of aryl methyl sites for hydroxylation is 1. The van der Waals surface area contributed by atoms with Gasteiger partial charge in [-0.2, -0.15) is 0 Å². The monoisotopic (exact) mass is 219 g/mol. The van der Waals surface area contributed by atoms with E-state index in [9.17, 15) is 4.79 Å². The lowest BCUT2D eigenvalue weighted by molar-refractivity contribution is -0.120. The molecule has 1 aromatic carbocycles. The first-order valence-corrected chi connectivity index (χ1v) is 6.10. The average Bonchev–Trinajstić information content (AvgIpc) is 2.34. The van der Waals surface area contributed by atoms with Gasteiger partial charge in [-0.05, 0) is 24.0 Å². The first kappa shape index (κ1) is 12.8. The van der Waals surface area contributed by atoms with Crippen molar-refractivity contribution in [3.8, 4) is 0 Å². The molecule has 0 heterocycles. The molecule has 0 bridgehead atoms. The molecule has 0 atom stereocenters. The Balaban J connectivity index is 2.41. The van der Waals surface area contributed by atoms with Crippen LogP contribution in [0.2, 0.25) is 0 Å². The lowest BCUT2D eigenvalue weighted by Gasteiger charge is -2.05. The third-order valence-corrected chi connectivity index (χ3v) is 2.65. The quantitative estimate of drug-likeness (QED) is 0.782.